The van der Waals surface area contributed by atoms with Gasteiger partial charge in [0.25, 0.3) is 5.69 Å². The van der Waals surface area contributed by atoms with E-state index in [-0.39, 0.29) is 24.6 Å². The minimum absolute atomic E-state index is 0.0713. The Morgan fingerprint density at radius 3 is 2.86 bits per heavy atom. The molecule has 1 unspecified atom stereocenters. The normalized spacial score (nSPS) is 15.3. The number of hydrogen-bond acceptors (Lipinski definition) is 5. The molecule has 1 fully saturated rings. The van der Waals surface area contributed by atoms with Crippen molar-refractivity contribution in [2.45, 2.75) is 38.3 Å². The number of carbonyl (C=O) groups is 1. The van der Waals surface area contributed by atoms with Crippen molar-refractivity contribution in [1.82, 2.24) is 5.32 Å². The maximum atomic E-state index is 11.5. The molecule has 0 aliphatic heterocycles. The highest BCUT2D eigenvalue weighted by Crippen LogP contribution is 2.29. The highest BCUT2D eigenvalue weighted by Gasteiger charge is 2.23. The second kappa shape index (κ2) is 6.53. The molecule has 1 atom stereocenters. The molecular formula is C14H18N2O5. The van der Waals surface area contributed by atoms with Crippen LogP contribution in [0.5, 0.6) is 5.75 Å². The molecule has 0 saturated heterocycles. The fourth-order valence-electron chi connectivity index (χ4n) is 1.89. The molecule has 1 aromatic carbocycles. The van der Waals surface area contributed by atoms with Gasteiger partial charge in [0.15, 0.2) is 0 Å². The summed E-state index contributed by atoms with van der Waals surface area (Å²) < 4.78 is 5.46. The summed E-state index contributed by atoms with van der Waals surface area (Å²) >= 11 is 0. The lowest BCUT2D eigenvalue weighted by atomic mass is 10.1. The third kappa shape index (κ3) is 4.42. The average molecular weight is 294 g/mol. The predicted molar refractivity (Wildman–Crippen MR) is 75.0 cm³/mol. The molecule has 0 aromatic heterocycles. The van der Waals surface area contributed by atoms with Crippen molar-refractivity contribution >= 4 is 11.6 Å². The largest absolute Gasteiger partial charge is 0.493 e. The molecule has 1 saturated carbocycles. The summed E-state index contributed by atoms with van der Waals surface area (Å²) in [5, 5.41) is 23.2. The van der Waals surface area contributed by atoms with Gasteiger partial charge in [-0.05, 0) is 25.8 Å². The van der Waals surface area contributed by atoms with Crippen LogP contribution in [-0.4, -0.2) is 28.6 Å². The van der Waals surface area contributed by atoms with Gasteiger partial charge in [0.2, 0.25) is 5.91 Å². The van der Waals surface area contributed by atoms with Crippen LogP contribution >= 0.6 is 0 Å². The molecule has 2 N–H and O–H groups in total. The fraction of sp³-hybridized carbons (Fsp3) is 0.500. The van der Waals surface area contributed by atoms with E-state index >= 15 is 0 Å². The molecule has 0 bridgehead atoms. The zero-order valence-electron chi connectivity index (χ0n) is 11.7. The number of nitrogens with one attached hydrogen (secondary N) is 1. The Morgan fingerprint density at radius 1 is 1.57 bits per heavy atom. The van der Waals surface area contributed by atoms with Crippen LogP contribution < -0.4 is 10.1 Å². The van der Waals surface area contributed by atoms with Crippen molar-refractivity contribution in [1.29, 1.82) is 0 Å². The molecule has 1 aliphatic carbocycles. The Balaban J connectivity index is 1.94. The van der Waals surface area contributed by atoms with E-state index in [1.54, 1.807) is 0 Å². The molecule has 114 valence electrons. The van der Waals surface area contributed by atoms with E-state index in [2.05, 4.69) is 5.32 Å². The lowest BCUT2D eigenvalue weighted by Gasteiger charge is -2.13. The number of amides is 1. The van der Waals surface area contributed by atoms with Crippen molar-refractivity contribution in [3.63, 3.8) is 0 Å². The zero-order chi connectivity index (χ0) is 15.4. The Labute approximate surface area is 122 Å². The molecule has 0 spiro atoms. The van der Waals surface area contributed by atoms with E-state index in [1.807, 2.05) is 0 Å². The molecule has 2 rings (SSSR count). The number of benzene rings is 1. The summed E-state index contributed by atoms with van der Waals surface area (Å²) in [7, 11) is 0. The number of aliphatic hydroxyl groups excluding tert-OH is 1. The number of rotatable bonds is 7. The summed E-state index contributed by atoms with van der Waals surface area (Å²) in [4.78, 5) is 21.7. The second-order valence-corrected chi connectivity index (χ2v) is 5.10. The molecule has 0 radical (unpaired) electrons. The van der Waals surface area contributed by atoms with E-state index in [1.165, 1.54) is 25.1 Å². The van der Waals surface area contributed by atoms with Gasteiger partial charge >= 0.3 is 0 Å². The SMILES string of the molecule is CC(O)c1cc([N+](=O)[O-])ccc1OCCC(=O)NC1CC1. The lowest BCUT2D eigenvalue weighted by Crippen LogP contribution is -2.26. The highest BCUT2D eigenvalue weighted by atomic mass is 16.6. The van der Waals surface area contributed by atoms with Crippen LogP contribution in [0.25, 0.3) is 0 Å². The zero-order valence-corrected chi connectivity index (χ0v) is 11.7. The minimum Gasteiger partial charge on any atom is -0.493 e. The van der Waals surface area contributed by atoms with Crippen LogP contribution in [0.4, 0.5) is 5.69 Å². The highest BCUT2D eigenvalue weighted by molar-refractivity contribution is 5.76. The predicted octanol–water partition coefficient (Wildman–Crippen LogP) is 1.70. The van der Waals surface area contributed by atoms with Gasteiger partial charge in [-0.25, -0.2) is 0 Å². The Hall–Kier alpha value is -2.15. The van der Waals surface area contributed by atoms with Crippen molar-refractivity contribution in [2.75, 3.05) is 6.61 Å². The number of hydrogen-bond donors (Lipinski definition) is 2. The van der Waals surface area contributed by atoms with Crippen molar-refractivity contribution < 1.29 is 19.6 Å². The van der Waals surface area contributed by atoms with E-state index in [9.17, 15) is 20.0 Å². The van der Waals surface area contributed by atoms with Crippen molar-refractivity contribution in [3.8, 4) is 5.75 Å². The molecular weight excluding hydrogens is 276 g/mol. The van der Waals surface area contributed by atoms with Gasteiger partial charge in [-0.2, -0.15) is 0 Å². The second-order valence-electron chi connectivity index (χ2n) is 5.10. The topological polar surface area (TPSA) is 102 Å². The molecule has 7 nitrogen and oxygen atoms in total. The van der Waals surface area contributed by atoms with Crippen LogP contribution in [0.15, 0.2) is 18.2 Å². The molecule has 1 amide bonds. The summed E-state index contributed by atoms with van der Waals surface area (Å²) in [6.07, 6.45) is 1.38. The van der Waals surface area contributed by atoms with Gasteiger partial charge in [-0.15, -0.1) is 0 Å². The van der Waals surface area contributed by atoms with Crippen molar-refractivity contribution in [3.05, 3.63) is 33.9 Å². The molecule has 1 aromatic rings. The number of aliphatic hydroxyl groups is 1. The van der Waals surface area contributed by atoms with Gasteiger partial charge in [0.1, 0.15) is 5.75 Å². The van der Waals surface area contributed by atoms with E-state index in [0.717, 1.165) is 12.8 Å². The third-order valence-electron chi connectivity index (χ3n) is 3.18. The smallest absolute Gasteiger partial charge is 0.270 e. The molecule has 0 heterocycles. The first-order chi connectivity index (χ1) is 9.97. The van der Waals surface area contributed by atoms with Crippen LogP contribution in [0.1, 0.15) is 37.9 Å². The summed E-state index contributed by atoms with van der Waals surface area (Å²) in [6.45, 7) is 1.67. The van der Waals surface area contributed by atoms with Gasteiger partial charge in [-0.3, -0.25) is 14.9 Å². The van der Waals surface area contributed by atoms with Crippen LogP contribution in [0, 0.1) is 10.1 Å². The fourth-order valence-corrected chi connectivity index (χ4v) is 1.89. The first-order valence-electron chi connectivity index (χ1n) is 6.86. The lowest BCUT2D eigenvalue weighted by molar-refractivity contribution is -0.385. The van der Waals surface area contributed by atoms with E-state index in [4.69, 9.17) is 4.74 Å². The van der Waals surface area contributed by atoms with Crippen LogP contribution in [-0.2, 0) is 4.79 Å². The number of nitro benzene ring substituents is 1. The first-order valence-corrected chi connectivity index (χ1v) is 6.86. The van der Waals surface area contributed by atoms with Gasteiger partial charge in [0.05, 0.1) is 24.1 Å². The van der Waals surface area contributed by atoms with E-state index in [0.29, 0.717) is 17.4 Å². The standard InChI is InChI=1S/C14H18N2O5/c1-9(17)12-8-11(16(19)20)4-5-13(12)21-7-6-14(18)15-10-2-3-10/h4-5,8-10,17H,2-3,6-7H2,1H3,(H,15,18). The first kappa shape index (κ1) is 15.2. The number of nitrogens with zero attached hydrogens (tertiary/aromatic N) is 1. The summed E-state index contributed by atoms with van der Waals surface area (Å²) in [5.41, 5.74) is 0.233. The maximum Gasteiger partial charge on any atom is 0.270 e. The van der Waals surface area contributed by atoms with Gasteiger partial charge in [-0.1, -0.05) is 0 Å². The van der Waals surface area contributed by atoms with Gasteiger partial charge in [0, 0.05) is 23.7 Å². The molecule has 1 aliphatic rings. The minimum atomic E-state index is -0.889. The number of nitro groups is 1. The Morgan fingerprint density at radius 2 is 2.29 bits per heavy atom. The number of non-ortho nitro benzene ring substituents is 1. The summed E-state index contributed by atoms with van der Waals surface area (Å²) in [6, 6.07) is 4.35. The van der Waals surface area contributed by atoms with Crippen molar-refractivity contribution in [2.24, 2.45) is 0 Å². The number of ether oxygens (including phenoxy) is 1. The van der Waals surface area contributed by atoms with Gasteiger partial charge < -0.3 is 15.2 Å². The maximum absolute atomic E-state index is 11.5. The van der Waals surface area contributed by atoms with Crippen LogP contribution in [0.2, 0.25) is 0 Å². The third-order valence-corrected chi connectivity index (χ3v) is 3.18. The van der Waals surface area contributed by atoms with Crippen LogP contribution in [0.3, 0.4) is 0 Å². The number of carbonyl (C=O) groups excluding carboxylic acids is 1. The monoisotopic (exact) mass is 294 g/mol. The molecule has 7 heteroatoms. The average Bonchev–Trinajstić information content (AvgIpc) is 3.22. The Bertz CT molecular complexity index is 540. The van der Waals surface area contributed by atoms with E-state index < -0.39 is 11.0 Å². The quantitative estimate of drug-likeness (QED) is 0.588. The molecule has 21 heavy (non-hydrogen) atoms. The summed E-state index contributed by atoms with van der Waals surface area (Å²) in [5.74, 6) is 0.285. The Kier molecular flexibility index (Phi) is 4.74.